The highest BCUT2D eigenvalue weighted by atomic mass is 16.5. The molecule has 1 heterocycles. The highest BCUT2D eigenvalue weighted by molar-refractivity contribution is 6.10. The summed E-state index contributed by atoms with van der Waals surface area (Å²) < 4.78 is 4.90. The summed E-state index contributed by atoms with van der Waals surface area (Å²) in [6, 6.07) is 7.08. The summed E-state index contributed by atoms with van der Waals surface area (Å²) in [5, 5.41) is 8.32. The zero-order valence-corrected chi connectivity index (χ0v) is 13.1. The van der Waals surface area contributed by atoms with Crippen molar-refractivity contribution in [2.24, 2.45) is 11.0 Å². The van der Waals surface area contributed by atoms with E-state index >= 15 is 0 Å². The number of hydrogen-bond acceptors (Lipinski definition) is 4. The fourth-order valence-electron chi connectivity index (χ4n) is 2.24. The van der Waals surface area contributed by atoms with Gasteiger partial charge in [-0.3, -0.25) is 4.79 Å². The molecule has 0 aromatic heterocycles. The van der Waals surface area contributed by atoms with Crippen LogP contribution in [0.5, 0.6) is 0 Å². The van der Waals surface area contributed by atoms with Gasteiger partial charge in [0.2, 0.25) is 0 Å². The van der Waals surface area contributed by atoms with E-state index in [0.717, 1.165) is 16.3 Å². The van der Waals surface area contributed by atoms with Gasteiger partial charge in [0, 0.05) is 5.56 Å². The van der Waals surface area contributed by atoms with Crippen molar-refractivity contribution in [1.82, 2.24) is 5.01 Å². The molecule has 6 nitrogen and oxygen atoms in total. The number of fused-ring (bicyclic) bond motifs is 1. The van der Waals surface area contributed by atoms with Crippen LogP contribution in [0.4, 0.5) is 10.5 Å². The molecule has 118 valence electrons. The smallest absolute Gasteiger partial charge is 0.342 e. The van der Waals surface area contributed by atoms with Gasteiger partial charge in [-0.05, 0) is 25.3 Å². The summed E-state index contributed by atoms with van der Waals surface area (Å²) in [6.07, 6.45) is 0.714. The molecular formula is C16H21N3O3. The predicted molar refractivity (Wildman–Crippen MR) is 84.8 cm³/mol. The van der Waals surface area contributed by atoms with E-state index in [2.05, 4.69) is 24.3 Å². The average Bonchev–Trinajstić information content (AvgIpc) is 2.57. The highest BCUT2D eigenvalue weighted by Crippen LogP contribution is 2.23. The van der Waals surface area contributed by atoms with E-state index in [0.29, 0.717) is 18.0 Å². The molecule has 6 heteroatoms. The largest absolute Gasteiger partial charge is 0.465 e. The van der Waals surface area contributed by atoms with E-state index in [1.807, 2.05) is 24.3 Å². The first kappa shape index (κ1) is 16.0. The fraction of sp³-hybridized carbons (Fsp3) is 0.438. The molecule has 0 unspecified atom stereocenters. The number of nitrogens with one attached hydrogen (secondary N) is 1. The summed E-state index contributed by atoms with van der Waals surface area (Å²) in [4.78, 5) is 23.9. The van der Waals surface area contributed by atoms with Crippen LogP contribution in [0.1, 0.15) is 32.8 Å². The maximum absolute atomic E-state index is 12.2. The van der Waals surface area contributed by atoms with Gasteiger partial charge in [0.15, 0.2) is 0 Å². The minimum absolute atomic E-state index is 0.199. The lowest BCUT2D eigenvalue weighted by Crippen LogP contribution is -2.35. The highest BCUT2D eigenvalue weighted by Gasteiger charge is 2.24. The van der Waals surface area contributed by atoms with Crippen molar-refractivity contribution in [3.05, 3.63) is 29.8 Å². The molecule has 1 aliphatic rings. The van der Waals surface area contributed by atoms with E-state index in [9.17, 15) is 9.59 Å². The zero-order chi connectivity index (χ0) is 16.1. The molecule has 2 rings (SSSR count). The minimum atomic E-state index is -0.476. The molecule has 0 radical (unpaired) electrons. The standard InChI is InChI=1S/C16H21N3O3/c1-4-22-15(20)10-19-16(21)17-13-8-6-5-7-12(13)14(18-19)9-11(2)3/h5-8,11H,4,9-10H2,1-3H3,(H,17,21). The molecule has 22 heavy (non-hydrogen) atoms. The van der Waals surface area contributed by atoms with Gasteiger partial charge in [0.05, 0.1) is 18.0 Å². The number of para-hydroxylation sites is 1. The van der Waals surface area contributed by atoms with Crippen molar-refractivity contribution in [2.45, 2.75) is 27.2 Å². The van der Waals surface area contributed by atoms with Crippen molar-refractivity contribution < 1.29 is 14.3 Å². The van der Waals surface area contributed by atoms with E-state index < -0.39 is 12.0 Å². The van der Waals surface area contributed by atoms with Gasteiger partial charge in [-0.2, -0.15) is 5.10 Å². The van der Waals surface area contributed by atoms with E-state index in [-0.39, 0.29) is 13.2 Å². The SMILES string of the molecule is CCOC(=O)CN1N=C(CC(C)C)c2ccccc2NC1=O. The first-order valence-electron chi connectivity index (χ1n) is 7.42. The van der Waals surface area contributed by atoms with Crippen LogP contribution in [0.25, 0.3) is 0 Å². The quantitative estimate of drug-likeness (QED) is 0.850. The lowest BCUT2D eigenvalue weighted by atomic mass is 9.99. The molecule has 0 aliphatic carbocycles. The zero-order valence-electron chi connectivity index (χ0n) is 13.1. The second-order valence-corrected chi connectivity index (χ2v) is 5.48. The van der Waals surface area contributed by atoms with Crippen molar-refractivity contribution in [3.63, 3.8) is 0 Å². The van der Waals surface area contributed by atoms with Crippen molar-refractivity contribution in [2.75, 3.05) is 18.5 Å². The summed E-state index contributed by atoms with van der Waals surface area (Å²) >= 11 is 0. The number of nitrogens with zero attached hydrogens (tertiary/aromatic N) is 2. The number of hydrazone groups is 1. The Balaban J connectivity index is 2.34. The third kappa shape index (κ3) is 3.84. The van der Waals surface area contributed by atoms with E-state index in [4.69, 9.17) is 4.74 Å². The summed E-state index contributed by atoms with van der Waals surface area (Å²) in [5.74, 6) is -0.0966. The Kier molecular flexibility index (Phi) is 5.14. The average molecular weight is 303 g/mol. The van der Waals surface area contributed by atoms with Crippen LogP contribution >= 0.6 is 0 Å². The summed E-state index contributed by atoms with van der Waals surface area (Å²) in [5.41, 5.74) is 2.38. The molecule has 1 aromatic rings. The molecule has 0 fully saturated rings. The van der Waals surface area contributed by atoms with E-state index in [1.165, 1.54) is 0 Å². The minimum Gasteiger partial charge on any atom is -0.465 e. The topological polar surface area (TPSA) is 71.0 Å². The van der Waals surface area contributed by atoms with Crippen LogP contribution in [0, 0.1) is 5.92 Å². The second-order valence-electron chi connectivity index (χ2n) is 5.48. The van der Waals surface area contributed by atoms with Gasteiger partial charge in [-0.25, -0.2) is 9.80 Å². The first-order chi connectivity index (χ1) is 10.5. The Bertz CT molecular complexity index is 596. The van der Waals surface area contributed by atoms with Crippen LogP contribution in [-0.2, 0) is 9.53 Å². The number of hydrogen-bond donors (Lipinski definition) is 1. The van der Waals surface area contributed by atoms with Gasteiger partial charge < -0.3 is 10.1 Å². The van der Waals surface area contributed by atoms with E-state index in [1.54, 1.807) is 6.92 Å². The lowest BCUT2D eigenvalue weighted by molar-refractivity contribution is -0.143. The van der Waals surface area contributed by atoms with Gasteiger partial charge in [-0.1, -0.05) is 32.0 Å². The maximum Gasteiger partial charge on any atom is 0.342 e. The van der Waals surface area contributed by atoms with Crippen LogP contribution in [-0.4, -0.2) is 35.9 Å². The molecule has 1 aromatic carbocycles. The normalized spacial score (nSPS) is 14.1. The summed E-state index contributed by atoms with van der Waals surface area (Å²) in [7, 11) is 0. The van der Waals surface area contributed by atoms with Gasteiger partial charge >= 0.3 is 12.0 Å². The monoisotopic (exact) mass is 303 g/mol. The van der Waals surface area contributed by atoms with Crippen LogP contribution < -0.4 is 5.32 Å². The number of carbonyl (C=O) groups is 2. The molecule has 0 saturated carbocycles. The molecule has 0 spiro atoms. The molecule has 0 atom stereocenters. The Morgan fingerprint density at radius 1 is 1.36 bits per heavy atom. The third-order valence-electron chi connectivity index (χ3n) is 3.14. The summed E-state index contributed by atoms with van der Waals surface area (Å²) in [6.45, 7) is 5.97. The number of esters is 1. The second kappa shape index (κ2) is 7.06. The molecule has 0 saturated heterocycles. The van der Waals surface area contributed by atoms with Crippen molar-refractivity contribution in [1.29, 1.82) is 0 Å². The van der Waals surface area contributed by atoms with Gasteiger partial charge in [0.1, 0.15) is 6.54 Å². The fourth-order valence-corrected chi connectivity index (χ4v) is 2.24. The Labute approximate surface area is 130 Å². The van der Waals surface area contributed by atoms with Crippen molar-refractivity contribution in [3.8, 4) is 0 Å². The van der Waals surface area contributed by atoms with Crippen LogP contribution in [0.15, 0.2) is 29.4 Å². The molecule has 0 bridgehead atoms. The first-order valence-corrected chi connectivity index (χ1v) is 7.42. The number of rotatable bonds is 5. The Morgan fingerprint density at radius 3 is 2.77 bits per heavy atom. The van der Waals surface area contributed by atoms with Gasteiger partial charge in [0.25, 0.3) is 0 Å². The number of ether oxygens (including phenoxy) is 1. The molecule has 1 N–H and O–H groups in total. The number of urea groups is 1. The van der Waals surface area contributed by atoms with Crippen molar-refractivity contribution >= 4 is 23.4 Å². The number of carbonyl (C=O) groups excluding carboxylic acids is 2. The lowest BCUT2D eigenvalue weighted by Gasteiger charge is -2.15. The van der Waals surface area contributed by atoms with Crippen LogP contribution in [0.3, 0.4) is 0 Å². The number of amides is 2. The molecule has 1 aliphatic heterocycles. The maximum atomic E-state index is 12.2. The Morgan fingerprint density at radius 2 is 2.09 bits per heavy atom. The number of anilines is 1. The van der Waals surface area contributed by atoms with Gasteiger partial charge in [-0.15, -0.1) is 0 Å². The van der Waals surface area contributed by atoms with Crippen LogP contribution in [0.2, 0.25) is 0 Å². The molecule has 2 amide bonds. The third-order valence-corrected chi connectivity index (χ3v) is 3.14. The Hall–Kier alpha value is -2.37. The molecular weight excluding hydrogens is 282 g/mol. The number of benzene rings is 1. The predicted octanol–water partition coefficient (Wildman–Crippen LogP) is 2.85.